The summed E-state index contributed by atoms with van der Waals surface area (Å²) in [7, 11) is 0. The van der Waals surface area contributed by atoms with Gasteiger partial charge in [0.05, 0.1) is 11.5 Å². The zero-order chi connectivity index (χ0) is 15.4. The minimum Gasteiger partial charge on any atom is -0.465 e. The fourth-order valence-corrected chi connectivity index (χ4v) is 1.71. The molecule has 0 saturated heterocycles. The average molecular weight is 291 g/mol. The molecule has 0 bridgehead atoms. The number of rotatable bonds is 5. The molecule has 1 atom stereocenters. The Morgan fingerprint density at radius 1 is 1.48 bits per heavy atom. The summed E-state index contributed by atoms with van der Waals surface area (Å²) < 4.78 is 9.86. The number of aromatic nitrogens is 2. The standard InChI is InChI=1S/C13H13N3O5/c1-3-20-13(17)8(2)12-14-11(15-21-12)9-6-4-5-7-10(9)16(18)19/h4-8H,3H2,1-2H3. The van der Waals surface area contributed by atoms with Gasteiger partial charge >= 0.3 is 5.97 Å². The highest BCUT2D eigenvalue weighted by Crippen LogP contribution is 2.28. The predicted octanol–water partition coefficient (Wildman–Crippen LogP) is 2.31. The maximum absolute atomic E-state index is 11.6. The summed E-state index contributed by atoms with van der Waals surface area (Å²) >= 11 is 0. The minimum atomic E-state index is -0.728. The van der Waals surface area contributed by atoms with Crippen molar-refractivity contribution in [1.29, 1.82) is 0 Å². The second-order valence-electron chi connectivity index (χ2n) is 4.20. The van der Waals surface area contributed by atoms with Crippen molar-refractivity contribution in [3.05, 3.63) is 40.3 Å². The van der Waals surface area contributed by atoms with E-state index < -0.39 is 16.8 Å². The van der Waals surface area contributed by atoms with Crippen molar-refractivity contribution in [2.45, 2.75) is 19.8 Å². The predicted molar refractivity (Wildman–Crippen MR) is 71.4 cm³/mol. The molecule has 21 heavy (non-hydrogen) atoms. The molecule has 1 unspecified atom stereocenters. The smallest absolute Gasteiger partial charge is 0.318 e. The Morgan fingerprint density at radius 2 is 2.19 bits per heavy atom. The molecule has 8 heteroatoms. The number of hydrogen-bond acceptors (Lipinski definition) is 7. The number of ether oxygens (including phenoxy) is 1. The molecule has 0 fully saturated rings. The average Bonchev–Trinajstić information content (AvgIpc) is 2.96. The number of hydrogen-bond donors (Lipinski definition) is 0. The van der Waals surface area contributed by atoms with E-state index in [9.17, 15) is 14.9 Å². The number of esters is 1. The van der Waals surface area contributed by atoms with E-state index in [1.54, 1.807) is 26.0 Å². The third kappa shape index (κ3) is 3.04. The van der Waals surface area contributed by atoms with Crippen molar-refractivity contribution in [3.63, 3.8) is 0 Å². The Labute approximate surface area is 119 Å². The number of carbonyl (C=O) groups excluding carboxylic acids is 1. The van der Waals surface area contributed by atoms with Crippen molar-refractivity contribution in [3.8, 4) is 11.4 Å². The van der Waals surface area contributed by atoms with Crippen LogP contribution in [-0.2, 0) is 9.53 Å². The van der Waals surface area contributed by atoms with Gasteiger partial charge in [-0.05, 0) is 19.9 Å². The topological polar surface area (TPSA) is 108 Å². The van der Waals surface area contributed by atoms with Crippen LogP contribution < -0.4 is 0 Å². The van der Waals surface area contributed by atoms with Crippen LogP contribution in [-0.4, -0.2) is 27.6 Å². The third-order valence-electron chi connectivity index (χ3n) is 2.79. The van der Waals surface area contributed by atoms with Crippen molar-refractivity contribution in [2.75, 3.05) is 6.61 Å². The molecule has 0 N–H and O–H groups in total. The molecule has 0 spiro atoms. The fraction of sp³-hybridized carbons (Fsp3) is 0.308. The van der Waals surface area contributed by atoms with Gasteiger partial charge in [0.1, 0.15) is 11.5 Å². The van der Waals surface area contributed by atoms with Crippen molar-refractivity contribution >= 4 is 11.7 Å². The second-order valence-corrected chi connectivity index (χ2v) is 4.20. The highest BCUT2D eigenvalue weighted by molar-refractivity contribution is 5.76. The van der Waals surface area contributed by atoms with E-state index in [2.05, 4.69) is 10.1 Å². The molecule has 1 heterocycles. The first-order valence-corrected chi connectivity index (χ1v) is 6.28. The normalized spacial score (nSPS) is 11.9. The summed E-state index contributed by atoms with van der Waals surface area (Å²) in [5.41, 5.74) is 0.0993. The lowest BCUT2D eigenvalue weighted by atomic mass is 10.1. The van der Waals surface area contributed by atoms with Gasteiger partial charge in [0.2, 0.25) is 11.7 Å². The molecule has 0 aliphatic rings. The molecular formula is C13H13N3O5. The van der Waals surface area contributed by atoms with Gasteiger partial charge in [-0.3, -0.25) is 14.9 Å². The lowest BCUT2D eigenvalue weighted by Crippen LogP contribution is -2.13. The van der Waals surface area contributed by atoms with Gasteiger partial charge in [0.25, 0.3) is 5.69 Å². The SMILES string of the molecule is CCOC(=O)C(C)c1nc(-c2ccccc2[N+](=O)[O-])no1. The monoisotopic (exact) mass is 291 g/mol. The van der Waals surface area contributed by atoms with Gasteiger partial charge in [0, 0.05) is 6.07 Å². The van der Waals surface area contributed by atoms with Crippen LogP contribution in [0.4, 0.5) is 5.69 Å². The number of nitro groups is 1. The van der Waals surface area contributed by atoms with Crippen LogP contribution in [0.25, 0.3) is 11.4 Å². The molecule has 0 saturated carbocycles. The van der Waals surface area contributed by atoms with Crippen LogP contribution in [0.15, 0.2) is 28.8 Å². The highest BCUT2D eigenvalue weighted by Gasteiger charge is 2.25. The Bertz CT molecular complexity index is 667. The molecule has 1 aromatic heterocycles. The summed E-state index contributed by atoms with van der Waals surface area (Å²) in [6.07, 6.45) is 0. The molecule has 8 nitrogen and oxygen atoms in total. The summed E-state index contributed by atoms with van der Waals surface area (Å²) in [6.45, 7) is 3.50. The van der Waals surface area contributed by atoms with Crippen molar-refractivity contribution in [2.24, 2.45) is 0 Å². The maximum atomic E-state index is 11.6. The van der Waals surface area contributed by atoms with Crippen molar-refractivity contribution < 1.29 is 19.0 Å². The van der Waals surface area contributed by atoms with Gasteiger partial charge in [-0.25, -0.2) is 0 Å². The summed E-state index contributed by atoms with van der Waals surface area (Å²) in [5, 5.41) is 14.7. The summed E-state index contributed by atoms with van der Waals surface area (Å²) in [5.74, 6) is -1.10. The van der Waals surface area contributed by atoms with Crippen LogP contribution in [0.1, 0.15) is 25.7 Å². The van der Waals surface area contributed by atoms with Gasteiger partial charge < -0.3 is 9.26 Å². The quantitative estimate of drug-likeness (QED) is 0.472. The molecule has 2 rings (SSSR count). The zero-order valence-electron chi connectivity index (χ0n) is 11.5. The first-order chi connectivity index (χ1) is 10.0. The number of benzene rings is 1. The molecule has 0 amide bonds. The first kappa shape index (κ1) is 14.6. The van der Waals surface area contributed by atoms with Gasteiger partial charge in [-0.15, -0.1) is 0 Å². The van der Waals surface area contributed by atoms with E-state index in [0.717, 1.165) is 0 Å². The molecule has 110 valence electrons. The second kappa shape index (κ2) is 6.12. The maximum Gasteiger partial charge on any atom is 0.318 e. The van der Waals surface area contributed by atoms with Crippen LogP contribution in [0.2, 0.25) is 0 Å². The molecule has 0 aliphatic carbocycles. The van der Waals surface area contributed by atoms with Crippen LogP contribution in [0.5, 0.6) is 0 Å². The Kier molecular flexibility index (Phi) is 4.27. The van der Waals surface area contributed by atoms with Crippen LogP contribution in [0, 0.1) is 10.1 Å². The van der Waals surface area contributed by atoms with E-state index in [1.165, 1.54) is 12.1 Å². The van der Waals surface area contributed by atoms with E-state index in [-0.39, 0.29) is 29.6 Å². The number of nitrogens with zero attached hydrogens (tertiary/aromatic N) is 3. The zero-order valence-corrected chi connectivity index (χ0v) is 11.5. The summed E-state index contributed by atoms with van der Waals surface area (Å²) in [6, 6.07) is 6.04. The van der Waals surface area contributed by atoms with Crippen LogP contribution >= 0.6 is 0 Å². The van der Waals surface area contributed by atoms with Crippen molar-refractivity contribution in [1.82, 2.24) is 10.1 Å². The van der Waals surface area contributed by atoms with Gasteiger partial charge in [-0.1, -0.05) is 17.3 Å². The molecule has 1 aromatic carbocycles. The third-order valence-corrected chi connectivity index (χ3v) is 2.79. The minimum absolute atomic E-state index is 0.0570. The first-order valence-electron chi connectivity index (χ1n) is 6.28. The van der Waals surface area contributed by atoms with Gasteiger partial charge in [-0.2, -0.15) is 4.98 Å². The highest BCUT2D eigenvalue weighted by atomic mass is 16.6. The molecule has 0 radical (unpaired) electrons. The van der Waals surface area contributed by atoms with E-state index in [0.29, 0.717) is 0 Å². The largest absolute Gasteiger partial charge is 0.465 e. The van der Waals surface area contributed by atoms with E-state index in [1.807, 2.05) is 0 Å². The molecule has 2 aromatic rings. The summed E-state index contributed by atoms with van der Waals surface area (Å²) in [4.78, 5) is 26.1. The number of nitro benzene ring substituents is 1. The van der Waals surface area contributed by atoms with E-state index in [4.69, 9.17) is 9.26 Å². The Hall–Kier alpha value is -2.77. The molecular weight excluding hydrogens is 278 g/mol. The Morgan fingerprint density at radius 3 is 2.86 bits per heavy atom. The number of carbonyl (C=O) groups is 1. The van der Waals surface area contributed by atoms with Crippen LogP contribution in [0.3, 0.4) is 0 Å². The Balaban J connectivity index is 2.32. The lowest BCUT2D eigenvalue weighted by molar-refractivity contribution is -0.384. The van der Waals surface area contributed by atoms with Gasteiger partial charge in [0.15, 0.2) is 0 Å². The van der Waals surface area contributed by atoms with E-state index >= 15 is 0 Å². The molecule has 0 aliphatic heterocycles. The number of para-hydroxylation sites is 1. The lowest BCUT2D eigenvalue weighted by Gasteiger charge is -2.04. The fourth-order valence-electron chi connectivity index (χ4n) is 1.71.